The summed E-state index contributed by atoms with van der Waals surface area (Å²) in [5, 5.41) is 8.85. The molecule has 2 amide bonds. The van der Waals surface area contributed by atoms with E-state index < -0.39 is 0 Å². The Hall–Kier alpha value is -1.56. The Bertz CT molecular complexity index is 700. The first kappa shape index (κ1) is 29.5. The molecule has 0 bridgehead atoms. The number of nitrogens with one attached hydrogen (secondary N) is 3. The molecule has 0 aliphatic carbocycles. The number of Topliss-reactive ketones (excluding diaryl/α,β-unsaturated/α-hetero) is 1. The zero-order valence-corrected chi connectivity index (χ0v) is 21.9. The van der Waals surface area contributed by atoms with Gasteiger partial charge in [-0.25, -0.2) is 0 Å². The number of halogens is 1. The average Bonchev–Trinajstić information content (AvgIpc) is 2.79. The first-order chi connectivity index (χ1) is 15.9. The van der Waals surface area contributed by atoms with Gasteiger partial charge in [-0.3, -0.25) is 14.4 Å². The van der Waals surface area contributed by atoms with Crippen molar-refractivity contribution in [2.75, 3.05) is 46.6 Å². The van der Waals surface area contributed by atoms with Crippen LogP contribution in [0.2, 0.25) is 0 Å². The summed E-state index contributed by atoms with van der Waals surface area (Å²) in [6, 6.07) is 8.11. The Labute approximate surface area is 211 Å². The van der Waals surface area contributed by atoms with Gasteiger partial charge in [-0.2, -0.15) is 0 Å². The van der Waals surface area contributed by atoms with Crippen molar-refractivity contribution in [3.63, 3.8) is 0 Å². The lowest BCUT2D eigenvalue weighted by atomic mass is 10.1. The molecule has 0 saturated heterocycles. The van der Waals surface area contributed by atoms with Crippen molar-refractivity contribution in [1.82, 2.24) is 16.0 Å². The molecule has 0 aromatic heterocycles. The van der Waals surface area contributed by atoms with Gasteiger partial charge in [0.25, 0.3) is 0 Å². The number of carbonyl (C=O) groups is 3. The predicted molar refractivity (Wildman–Crippen MR) is 137 cm³/mol. The third kappa shape index (κ3) is 15.8. The van der Waals surface area contributed by atoms with E-state index in [-0.39, 0.29) is 30.2 Å². The SMILES string of the molecule is CN[C@@H](CCCCNC(=O)CCCc1ccc(I)cc1)C(=O)NCCOCCOCC(C)=O. The molecule has 0 aliphatic heterocycles. The zero-order chi connectivity index (χ0) is 24.3. The maximum atomic E-state index is 12.2. The molecule has 0 fully saturated rings. The van der Waals surface area contributed by atoms with E-state index in [0.717, 1.165) is 25.7 Å². The molecule has 33 heavy (non-hydrogen) atoms. The molecule has 9 heteroatoms. The molecule has 186 valence electrons. The summed E-state index contributed by atoms with van der Waals surface area (Å²) in [5.74, 6) is 0.000100. The Kier molecular flexibility index (Phi) is 16.8. The van der Waals surface area contributed by atoms with Crippen molar-refractivity contribution in [3.05, 3.63) is 33.4 Å². The minimum absolute atomic E-state index is 0.0172. The number of carbonyl (C=O) groups excluding carboxylic acids is 3. The normalized spacial score (nSPS) is 11.7. The summed E-state index contributed by atoms with van der Waals surface area (Å²) in [7, 11) is 1.77. The van der Waals surface area contributed by atoms with Gasteiger partial charge in [-0.05, 0) is 86.4 Å². The maximum absolute atomic E-state index is 12.2. The maximum Gasteiger partial charge on any atom is 0.237 e. The topological polar surface area (TPSA) is 106 Å². The predicted octanol–water partition coefficient (Wildman–Crippen LogP) is 2.23. The molecule has 0 aliphatic rings. The summed E-state index contributed by atoms with van der Waals surface area (Å²) < 4.78 is 11.7. The number of aryl methyl sites for hydroxylation is 1. The van der Waals surface area contributed by atoms with Gasteiger partial charge in [0.15, 0.2) is 5.78 Å². The number of likely N-dealkylation sites (N-methyl/N-ethyl adjacent to an activating group) is 1. The van der Waals surface area contributed by atoms with E-state index >= 15 is 0 Å². The second-order valence-electron chi connectivity index (χ2n) is 7.83. The zero-order valence-electron chi connectivity index (χ0n) is 19.8. The van der Waals surface area contributed by atoms with E-state index in [1.807, 2.05) is 0 Å². The number of hydrogen-bond acceptors (Lipinski definition) is 6. The van der Waals surface area contributed by atoms with Crippen molar-refractivity contribution < 1.29 is 23.9 Å². The van der Waals surface area contributed by atoms with Crippen LogP contribution in [0.4, 0.5) is 0 Å². The summed E-state index contributed by atoms with van der Waals surface area (Å²) >= 11 is 2.28. The lowest BCUT2D eigenvalue weighted by molar-refractivity contribution is -0.124. The van der Waals surface area contributed by atoms with E-state index in [0.29, 0.717) is 45.8 Å². The van der Waals surface area contributed by atoms with Crippen molar-refractivity contribution in [2.45, 2.75) is 51.5 Å². The first-order valence-electron chi connectivity index (χ1n) is 11.5. The number of rotatable bonds is 19. The van der Waals surface area contributed by atoms with Crippen molar-refractivity contribution in [2.24, 2.45) is 0 Å². The van der Waals surface area contributed by atoms with E-state index in [1.54, 1.807) is 7.05 Å². The van der Waals surface area contributed by atoms with Gasteiger partial charge >= 0.3 is 0 Å². The lowest BCUT2D eigenvalue weighted by Crippen LogP contribution is -2.43. The average molecular weight is 575 g/mol. The molecular weight excluding hydrogens is 537 g/mol. The van der Waals surface area contributed by atoms with Crippen molar-refractivity contribution in [3.8, 4) is 0 Å². The molecule has 0 heterocycles. The number of amides is 2. The van der Waals surface area contributed by atoms with Crippen LogP contribution in [0.25, 0.3) is 0 Å². The Morgan fingerprint density at radius 1 is 0.939 bits per heavy atom. The molecule has 3 N–H and O–H groups in total. The molecule has 1 aromatic carbocycles. The molecule has 0 saturated carbocycles. The van der Waals surface area contributed by atoms with Crippen LogP contribution in [0.1, 0.15) is 44.6 Å². The highest BCUT2D eigenvalue weighted by Gasteiger charge is 2.15. The summed E-state index contributed by atoms with van der Waals surface area (Å²) in [6.07, 6.45) is 4.64. The fourth-order valence-corrected chi connectivity index (χ4v) is 3.47. The van der Waals surface area contributed by atoms with Crippen LogP contribution in [-0.4, -0.2) is 70.2 Å². The summed E-state index contributed by atoms with van der Waals surface area (Å²) in [4.78, 5) is 35.0. The van der Waals surface area contributed by atoms with Crippen molar-refractivity contribution >= 4 is 40.2 Å². The molecule has 0 radical (unpaired) electrons. The third-order valence-electron chi connectivity index (χ3n) is 4.91. The number of hydrogen-bond donors (Lipinski definition) is 3. The largest absolute Gasteiger partial charge is 0.377 e. The summed E-state index contributed by atoms with van der Waals surface area (Å²) in [5.41, 5.74) is 1.25. The molecule has 0 unspecified atom stereocenters. The Morgan fingerprint density at radius 2 is 1.67 bits per heavy atom. The highest BCUT2D eigenvalue weighted by Crippen LogP contribution is 2.09. The van der Waals surface area contributed by atoms with Crippen LogP contribution < -0.4 is 16.0 Å². The van der Waals surface area contributed by atoms with Gasteiger partial charge in [0.05, 0.1) is 25.9 Å². The minimum atomic E-state index is -0.270. The highest BCUT2D eigenvalue weighted by atomic mass is 127. The summed E-state index contributed by atoms with van der Waals surface area (Å²) in [6.45, 7) is 3.75. The second-order valence-corrected chi connectivity index (χ2v) is 9.07. The third-order valence-corrected chi connectivity index (χ3v) is 5.63. The fraction of sp³-hybridized carbons (Fsp3) is 0.625. The standard InChI is InChI=1S/C24H38IN3O5/c1-19(29)18-33-17-16-32-15-14-28-24(31)22(26-2)7-3-4-13-27-23(30)8-5-6-20-9-11-21(25)12-10-20/h9-12,22,26H,3-8,13-18H2,1-2H3,(H,27,30)(H,28,31)/t22-/m0/s1. The first-order valence-corrected chi connectivity index (χ1v) is 12.6. The van der Waals surface area contributed by atoms with E-state index in [9.17, 15) is 14.4 Å². The number of ether oxygens (including phenoxy) is 2. The van der Waals surface area contributed by atoms with Crippen LogP contribution in [0.15, 0.2) is 24.3 Å². The highest BCUT2D eigenvalue weighted by molar-refractivity contribution is 14.1. The number of benzene rings is 1. The van der Waals surface area contributed by atoms with Gasteiger partial charge in [0, 0.05) is 23.1 Å². The number of unbranched alkanes of at least 4 members (excludes halogenated alkanes) is 1. The van der Waals surface area contributed by atoms with Crippen LogP contribution in [0.5, 0.6) is 0 Å². The fourth-order valence-electron chi connectivity index (χ4n) is 3.11. The van der Waals surface area contributed by atoms with Crippen LogP contribution in [-0.2, 0) is 30.3 Å². The molecular formula is C24H38IN3O5. The Morgan fingerprint density at radius 3 is 2.36 bits per heavy atom. The molecule has 1 aromatic rings. The molecule has 0 spiro atoms. The Balaban J connectivity index is 2.02. The lowest BCUT2D eigenvalue weighted by Gasteiger charge is -2.16. The monoisotopic (exact) mass is 575 g/mol. The quantitative estimate of drug-likeness (QED) is 0.173. The van der Waals surface area contributed by atoms with Crippen LogP contribution >= 0.6 is 22.6 Å². The van der Waals surface area contributed by atoms with Crippen LogP contribution in [0.3, 0.4) is 0 Å². The molecule has 1 rings (SSSR count). The van der Waals surface area contributed by atoms with E-state index in [4.69, 9.17) is 9.47 Å². The van der Waals surface area contributed by atoms with Gasteiger partial charge in [0.2, 0.25) is 11.8 Å². The van der Waals surface area contributed by atoms with Gasteiger partial charge in [0.1, 0.15) is 6.61 Å². The van der Waals surface area contributed by atoms with Gasteiger partial charge in [-0.15, -0.1) is 0 Å². The minimum Gasteiger partial charge on any atom is -0.377 e. The smallest absolute Gasteiger partial charge is 0.237 e. The van der Waals surface area contributed by atoms with Gasteiger partial charge in [-0.1, -0.05) is 12.1 Å². The van der Waals surface area contributed by atoms with E-state index in [2.05, 4.69) is 62.8 Å². The number of ketones is 1. The van der Waals surface area contributed by atoms with Gasteiger partial charge < -0.3 is 25.4 Å². The van der Waals surface area contributed by atoms with Crippen molar-refractivity contribution in [1.29, 1.82) is 0 Å². The van der Waals surface area contributed by atoms with E-state index in [1.165, 1.54) is 16.1 Å². The molecule has 1 atom stereocenters. The second kappa shape index (κ2) is 18.8. The molecule has 8 nitrogen and oxygen atoms in total. The van der Waals surface area contributed by atoms with Crippen LogP contribution in [0, 0.1) is 3.57 Å².